The van der Waals surface area contributed by atoms with Gasteiger partial charge in [-0.3, -0.25) is 9.59 Å². The fourth-order valence-electron chi connectivity index (χ4n) is 2.11. The summed E-state index contributed by atoms with van der Waals surface area (Å²) in [6, 6.07) is 21.3. The van der Waals surface area contributed by atoms with E-state index in [-0.39, 0.29) is 12.3 Å². The first-order chi connectivity index (χ1) is 14.9. The molecule has 0 amide bonds. The SMILES string of the molecule is COc1ccc(Oc2cccc(C=O)c2)cc1.NCC(=O)O.NCc1ccccc1O. The predicted octanol–water partition coefficient (Wildman–Crippen LogP) is 3.18. The average molecular weight is 426 g/mol. The summed E-state index contributed by atoms with van der Waals surface area (Å²) >= 11 is 0. The molecule has 0 unspecified atom stereocenters. The molecule has 0 spiro atoms. The van der Waals surface area contributed by atoms with Gasteiger partial charge in [-0.05, 0) is 42.5 Å². The van der Waals surface area contributed by atoms with Gasteiger partial charge in [-0.2, -0.15) is 0 Å². The number of phenols is 1. The van der Waals surface area contributed by atoms with Crippen molar-refractivity contribution in [3.63, 3.8) is 0 Å². The highest BCUT2D eigenvalue weighted by atomic mass is 16.5. The molecule has 0 atom stereocenters. The maximum Gasteiger partial charge on any atom is 0.317 e. The summed E-state index contributed by atoms with van der Waals surface area (Å²) < 4.78 is 10.7. The number of aliphatic carboxylic acids is 1. The van der Waals surface area contributed by atoms with Crippen molar-refractivity contribution in [3.8, 4) is 23.0 Å². The van der Waals surface area contributed by atoms with Crippen molar-refractivity contribution >= 4 is 12.3 Å². The van der Waals surface area contributed by atoms with Crippen molar-refractivity contribution in [1.82, 2.24) is 0 Å². The fourth-order valence-corrected chi connectivity index (χ4v) is 2.11. The normalized spacial score (nSPS) is 9.26. The Morgan fingerprint density at radius 2 is 1.55 bits per heavy atom. The van der Waals surface area contributed by atoms with Crippen LogP contribution in [0, 0.1) is 0 Å². The molecule has 0 heterocycles. The van der Waals surface area contributed by atoms with Gasteiger partial charge in [0.25, 0.3) is 0 Å². The lowest BCUT2D eigenvalue weighted by atomic mass is 10.2. The Morgan fingerprint density at radius 1 is 0.935 bits per heavy atom. The van der Waals surface area contributed by atoms with Gasteiger partial charge in [0.2, 0.25) is 0 Å². The number of aromatic hydroxyl groups is 1. The summed E-state index contributed by atoms with van der Waals surface area (Å²) in [5, 5.41) is 16.6. The van der Waals surface area contributed by atoms with Gasteiger partial charge in [-0.25, -0.2) is 0 Å². The number of carboxylic acid groups (broad SMARTS) is 1. The lowest BCUT2D eigenvalue weighted by Gasteiger charge is -2.06. The third-order valence-electron chi connectivity index (χ3n) is 3.68. The van der Waals surface area contributed by atoms with Gasteiger partial charge in [0.05, 0.1) is 13.7 Å². The number of ether oxygens (including phenoxy) is 2. The van der Waals surface area contributed by atoms with Crippen LogP contribution in [0.25, 0.3) is 0 Å². The smallest absolute Gasteiger partial charge is 0.317 e. The zero-order chi connectivity index (χ0) is 23.1. The predicted molar refractivity (Wildman–Crippen MR) is 118 cm³/mol. The number of nitrogens with two attached hydrogens (primary N) is 2. The van der Waals surface area contributed by atoms with Gasteiger partial charge in [-0.15, -0.1) is 0 Å². The summed E-state index contributed by atoms with van der Waals surface area (Å²) in [6.45, 7) is 0.118. The molecule has 0 radical (unpaired) electrons. The lowest BCUT2D eigenvalue weighted by molar-refractivity contribution is -0.135. The molecule has 0 saturated heterocycles. The first kappa shape index (κ1) is 25.2. The first-order valence-corrected chi connectivity index (χ1v) is 9.19. The largest absolute Gasteiger partial charge is 0.508 e. The molecule has 3 aromatic carbocycles. The number of aldehydes is 1. The molecule has 0 saturated carbocycles. The number of carboxylic acids is 1. The minimum Gasteiger partial charge on any atom is -0.508 e. The molecule has 164 valence electrons. The van der Waals surface area contributed by atoms with Gasteiger partial charge in [0.15, 0.2) is 0 Å². The highest BCUT2D eigenvalue weighted by Gasteiger charge is 1.99. The zero-order valence-electron chi connectivity index (χ0n) is 17.1. The molecule has 0 aliphatic rings. The van der Waals surface area contributed by atoms with Crippen molar-refractivity contribution in [2.75, 3.05) is 13.7 Å². The minimum absolute atomic E-state index is 0.278. The number of benzene rings is 3. The quantitative estimate of drug-likeness (QED) is 0.440. The number of rotatable bonds is 6. The van der Waals surface area contributed by atoms with Crippen molar-refractivity contribution in [2.24, 2.45) is 11.5 Å². The van der Waals surface area contributed by atoms with Crippen molar-refractivity contribution in [3.05, 3.63) is 83.9 Å². The van der Waals surface area contributed by atoms with E-state index in [1.54, 1.807) is 49.6 Å². The van der Waals surface area contributed by atoms with E-state index in [1.807, 2.05) is 30.3 Å². The Labute approximate surface area is 180 Å². The Morgan fingerprint density at radius 3 is 2.03 bits per heavy atom. The highest BCUT2D eigenvalue weighted by Crippen LogP contribution is 2.24. The summed E-state index contributed by atoms with van der Waals surface area (Å²) in [6.07, 6.45) is 0.793. The number of para-hydroxylation sites is 1. The molecule has 6 N–H and O–H groups in total. The summed E-state index contributed by atoms with van der Waals surface area (Å²) in [7, 11) is 1.61. The van der Waals surface area contributed by atoms with Crippen LogP contribution in [0.1, 0.15) is 15.9 Å². The monoisotopic (exact) mass is 426 g/mol. The van der Waals surface area contributed by atoms with Crippen LogP contribution < -0.4 is 20.9 Å². The Bertz CT molecular complexity index is 945. The van der Waals surface area contributed by atoms with Crippen molar-refractivity contribution < 1.29 is 29.3 Å². The molecule has 0 fully saturated rings. The molecule has 31 heavy (non-hydrogen) atoms. The molecule has 0 aromatic heterocycles. The van der Waals surface area contributed by atoms with E-state index in [2.05, 4.69) is 5.73 Å². The van der Waals surface area contributed by atoms with E-state index in [9.17, 15) is 9.59 Å². The maximum absolute atomic E-state index is 10.6. The number of carbonyl (C=O) groups excluding carboxylic acids is 1. The summed E-state index contributed by atoms with van der Waals surface area (Å²) in [5.74, 6) is 1.43. The Hall–Kier alpha value is -3.88. The van der Waals surface area contributed by atoms with Gasteiger partial charge < -0.3 is 31.2 Å². The molecule has 3 rings (SSSR count). The fraction of sp³-hybridized carbons (Fsp3) is 0.130. The van der Waals surface area contributed by atoms with Gasteiger partial charge >= 0.3 is 5.97 Å². The second kappa shape index (κ2) is 14.2. The molecule has 8 heteroatoms. The van der Waals surface area contributed by atoms with Gasteiger partial charge in [0, 0.05) is 17.7 Å². The number of phenolic OH excluding ortho intramolecular Hbond substituents is 1. The van der Waals surface area contributed by atoms with Crippen LogP contribution in [0.5, 0.6) is 23.0 Å². The van der Waals surface area contributed by atoms with Crippen LogP contribution in [-0.2, 0) is 11.3 Å². The molecule has 0 bridgehead atoms. The number of hydrogen-bond acceptors (Lipinski definition) is 7. The van der Waals surface area contributed by atoms with E-state index in [4.69, 9.17) is 25.4 Å². The van der Waals surface area contributed by atoms with Crippen LogP contribution in [0.15, 0.2) is 72.8 Å². The van der Waals surface area contributed by atoms with E-state index < -0.39 is 5.97 Å². The second-order valence-corrected chi connectivity index (χ2v) is 5.90. The van der Waals surface area contributed by atoms with Crippen LogP contribution in [0.4, 0.5) is 0 Å². The molecular weight excluding hydrogens is 400 g/mol. The van der Waals surface area contributed by atoms with E-state index in [1.165, 1.54) is 0 Å². The Kier molecular flexibility index (Phi) is 11.5. The molecule has 3 aromatic rings. The molecule has 0 aliphatic heterocycles. The maximum atomic E-state index is 10.6. The van der Waals surface area contributed by atoms with Crippen LogP contribution in [0.3, 0.4) is 0 Å². The average Bonchev–Trinajstić information content (AvgIpc) is 2.81. The van der Waals surface area contributed by atoms with Crippen LogP contribution in [0.2, 0.25) is 0 Å². The second-order valence-electron chi connectivity index (χ2n) is 5.90. The topological polar surface area (TPSA) is 145 Å². The van der Waals surface area contributed by atoms with Crippen LogP contribution in [-0.4, -0.2) is 36.1 Å². The lowest BCUT2D eigenvalue weighted by Crippen LogP contribution is -2.10. The number of hydrogen-bond donors (Lipinski definition) is 4. The number of methoxy groups -OCH3 is 1. The van der Waals surface area contributed by atoms with Crippen molar-refractivity contribution in [1.29, 1.82) is 0 Å². The first-order valence-electron chi connectivity index (χ1n) is 9.19. The van der Waals surface area contributed by atoms with E-state index in [0.29, 0.717) is 23.6 Å². The third kappa shape index (κ3) is 9.93. The summed E-state index contributed by atoms with van der Waals surface area (Å²) in [5.41, 5.74) is 11.2. The Balaban J connectivity index is 0.000000287. The van der Waals surface area contributed by atoms with E-state index >= 15 is 0 Å². The van der Waals surface area contributed by atoms with E-state index in [0.717, 1.165) is 17.6 Å². The van der Waals surface area contributed by atoms with Crippen LogP contribution >= 0.6 is 0 Å². The molecule has 8 nitrogen and oxygen atoms in total. The molecule has 0 aliphatic carbocycles. The standard InChI is InChI=1S/C14H12O3.C7H9NO.C2H5NO2/c1-16-12-5-7-13(8-6-12)17-14-4-2-3-11(9-14)10-15;8-5-6-3-1-2-4-7(6)9;3-1-2(4)5/h2-10H,1H3;1-4,9H,5,8H2;1,3H2,(H,4,5). The summed E-state index contributed by atoms with van der Waals surface area (Å²) in [4.78, 5) is 19.9. The van der Waals surface area contributed by atoms with Crippen molar-refractivity contribution in [2.45, 2.75) is 6.54 Å². The number of carbonyl (C=O) groups is 2. The third-order valence-corrected chi connectivity index (χ3v) is 3.68. The molecular formula is C23H26N2O6. The van der Waals surface area contributed by atoms with Gasteiger partial charge in [0.1, 0.15) is 29.3 Å². The highest BCUT2D eigenvalue weighted by molar-refractivity contribution is 5.75. The van der Waals surface area contributed by atoms with Gasteiger partial charge in [-0.1, -0.05) is 30.3 Å². The minimum atomic E-state index is -0.968. The zero-order valence-corrected chi connectivity index (χ0v) is 17.1.